The summed E-state index contributed by atoms with van der Waals surface area (Å²) in [6.07, 6.45) is 1.82. The Balaban J connectivity index is 2.51. The zero-order chi connectivity index (χ0) is 12.8. The number of hydrogen-bond donors (Lipinski definition) is 2. The molecule has 17 heavy (non-hydrogen) atoms. The zero-order valence-electron chi connectivity index (χ0n) is 10.3. The highest BCUT2D eigenvalue weighted by molar-refractivity contribution is 5.67. The van der Waals surface area contributed by atoms with Crippen molar-refractivity contribution < 1.29 is 9.90 Å². The van der Waals surface area contributed by atoms with Crippen LogP contribution in [-0.2, 0) is 4.79 Å². The van der Waals surface area contributed by atoms with Gasteiger partial charge in [-0.1, -0.05) is 6.92 Å². The normalized spacial score (nSPS) is 11.9. The molecule has 0 fully saturated rings. The standard InChI is InChI=1S/C11H18N4O2/c1-8(6-10(16)17)7-13-9-4-5-12-11(14-9)15(2)3/h4-5,8H,6-7H2,1-3H3,(H,16,17)(H,12,13,14). The fourth-order valence-corrected chi connectivity index (χ4v) is 1.31. The summed E-state index contributed by atoms with van der Waals surface area (Å²) in [6.45, 7) is 2.46. The molecule has 1 rings (SSSR count). The first-order valence-corrected chi connectivity index (χ1v) is 5.45. The van der Waals surface area contributed by atoms with E-state index >= 15 is 0 Å². The molecule has 0 aliphatic heterocycles. The van der Waals surface area contributed by atoms with Crippen LogP contribution in [0, 0.1) is 5.92 Å². The number of aliphatic carboxylic acids is 1. The molecule has 0 saturated heterocycles. The number of hydrogen-bond acceptors (Lipinski definition) is 5. The largest absolute Gasteiger partial charge is 0.481 e. The fraction of sp³-hybridized carbons (Fsp3) is 0.545. The highest BCUT2D eigenvalue weighted by atomic mass is 16.4. The summed E-state index contributed by atoms with van der Waals surface area (Å²) >= 11 is 0. The predicted octanol–water partition coefficient (Wildman–Crippen LogP) is 1.07. The highest BCUT2D eigenvalue weighted by Gasteiger charge is 2.08. The van der Waals surface area contributed by atoms with Crippen molar-refractivity contribution in [1.29, 1.82) is 0 Å². The van der Waals surface area contributed by atoms with E-state index in [1.807, 2.05) is 25.9 Å². The molecule has 1 unspecified atom stereocenters. The molecule has 0 radical (unpaired) electrons. The second kappa shape index (κ2) is 6.03. The Morgan fingerprint density at radius 3 is 2.88 bits per heavy atom. The van der Waals surface area contributed by atoms with Gasteiger partial charge in [-0.05, 0) is 12.0 Å². The number of nitrogens with one attached hydrogen (secondary N) is 1. The lowest BCUT2D eigenvalue weighted by atomic mass is 10.1. The maximum atomic E-state index is 10.5. The van der Waals surface area contributed by atoms with Gasteiger partial charge in [0.1, 0.15) is 5.82 Å². The van der Waals surface area contributed by atoms with Gasteiger partial charge in [0.15, 0.2) is 0 Å². The van der Waals surface area contributed by atoms with Gasteiger partial charge in [-0.3, -0.25) is 4.79 Å². The first-order chi connectivity index (χ1) is 7.99. The van der Waals surface area contributed by atoms with Gasteiger partial charge in [0.25, 0.3) is 0 Å². The van der Waals surface area contributed by atoms with Gasteiger partial charge >= 0.3 is 5.97 Å². The SMILES string of the molecule is CC(CNc1ccnc(N(C)C)n1)CC(=O)O. The number of nitrogens with zero attached hydrogens (tertiary/aromatic N) is 3. The average molecular weight is 238 g/mol. The third kappa shape index (κ3) is 4.67. The van der Waals surface area contributed by atoms with Crippen molar-refractivity contribution in [3.8, 4) is 0 Å². The van der Waals surface area contributed by atoms with Gasteiger partial charge in [-0.2, -0.15) is 4.98 Å². The van der Waals surface area contributed by atoms with Crippen LogP contribution in [-0.4, -0.2) is 41.7 Å². The van der Waals surface area contributed by atoms with E-state index in [1.54, 1.807) is 12.3 Å². The van der Waals surface area contributed by atoms with Crippen LogP contribution in [0.15, 0.2) is 12.3 Å². The highest BCUT2D eigenvalue weighted by Crippen LogP contribution is 2.09. The summed E-state index contributed by atoms with van der Waals surface area (Å²) in [6, 6.07) is 1.76. The summed E-state index contributed by atoms with van der Waals surface area (Å²) < 4.78 is 0. The van der Waals surface area contributed by atoms with Gasteiger partial charge in [0.05, 0.1) is 0 Å². The molecule has 1 atom stereocenters. The predicted molar refractivity (Wildman–Crippen MR) is 66.3 cm³/mol. The summed E-state index contributed by atoms with van der Waals surface area (Å²) in [5.74, 6) is 0.614. The lowest BCUT2D eigenvalue weighted by Crippen LogP contribution is -2.17. The second-order valence-corrected chi connectivity index (χ2v) is 4.22. The van der Waals surface area contributed by atoms with Gasteiger partial charge in [-0.15, -0.1) is 0 Å². The van der Waals surface area contributed by atoms with Crippen LogP contribution in [0.2, 0.25) is 0 Å². The Kier molecular flexibility index (Phi) is 4.68. The maximum Gasteiger partial charge on any atom is 0.303 e. The quantitative estimate of drug-likeness (QED) is 0.771. The van der Waals surface area contributed by atoms with Gasteiger partial charge in [-0.25, -0.2) is 4.98 Å². The number of anilines is 2. The minimum absolute atomic E-state index is 0.0604. The molecule has 0 aromatic carbocycles. The molecule has 1 aromatic rings. The Morgan fingerprint density at radius 2 is 2.29 bits per heavy atom. The van der Waals surface area contributed by atoms with E-state index < -0.39 is 5.97 Å². The van der Waals surface area contributed by atoms with Gasteiger partial charge in [0.2, 0.25) is 5.95 Å². The molecule has 0 aliphatic carbocycles. The van der Waals surface area contributed by atoms with Crippen molar-refractivity contribution in [2.45, 2.75) is 13.3 Å². The first kappa shape index (κ1) is 13.2. The number of carboxylic acid groups (broad SMARTS) is 1. The second-order valence-electron chi connectivity index (χ2n) is 4.22. The fourth-order valence-electron chi connectivity index (χ4n) is 1.31. The first-order valence-electron chi connectivity index (χ1n) is 5.45. The molecule has 0 aliphatic rings. The average Bonchev–Trinajstić information content (AvgIpc) is 2.26. The van der Waals surface area contributed by atoms with Crippen LogP contribution in [0.25, 0.3) is 0 Å². The molecule has 94 valence electrons. The van der Waals surface area contributed by atoms with Crippen molar-refractivity contribution in [3.63, 3.8) is 0 Å². The molecule has 1 aromatic heterocycles. The molecule has 0 spiro atoms. The number of aromatic nitrogens is 2. The Labute approximate surface area is 101 Å². The van der Waals surface area contributed by atoms with Crippen molar-refractivity contribution in [2.24, 2.45) is 5.92 Å². The Bertz CT molecular complexity index is 381. The van der Waals surface area contributed by atoms with E-state index in [4.69, 9.17) is 5.11 Å². The number of carbonyl (C=O) groups is 1. The van der Waals surface area contributed by atoms with E-state index in [0.717, 1.165) is 0 Å². The van der Waals surface area contributed by atoms with E-state index in [0.29, 0.717) is 18.3 Å². The van der Waals surface area contributed by atoms with Crippen molar-refractivity contribution in [3.05, 3.63) is 12.3 Å². The van der Waals surface area contributed by atoms with E-state index in [2.05, 4.69) is 15.3 Å². The lowest BCUT2D eigenvalue weighted by molar-refractivity contribution is -0.137. The molecule has 6 heteroatoms. The molecule has 2 N–H and O–H groups in total. The Morgan fingerprint density at radius 1 is 1.59 bits per heavy atom. The van der Waals surface area contributed by atoms with Crippen LogP contribution in [0.1, 0.15) is 13.3 Å². The van der Waals surface area contributed by atoms with Crippen molar-refractivity contribution in [1.82, 2.24) is 9.97 Å². The number of carboxylic acids is 1. The van der Waals surface area contributed by atoms with Crippen LogP contribution in [0.3, 0.4) is 0 Å². The minimum atomic E-state index is -0.782. The number of rotatable bonds is 6. The van der Waals surface area contributed by atoms with Gasteiger partial charge in [0, 0.05) is 33.3 Å². The summed E-state index contributed by atoms with van der Waals surface area (Å²) in [5.41, 5.74) is 0. The summed E-state index contributed by atoms with van der Waals surface area (Å²) in [4.78, 5) is 20.7. The van der Waals surface area contributed by atoms with Gasteiger partial charge < -0.3 is 15.3 Å². The molecule has 1 heterocycles. The third-order valence-electron chi connectivity index (χ3n) is 2.20. The molecule has 0 bridgehead atoms. The van der Waals surface area contributed by atoms with Crippen LogP contribution >= 0.6 is 0 Å². The smallest absolute Gasteiger partial charge is 0.303 e. The topological polar surface area (TPSA) is 78.4 Å². The third-order valence-corrected chi connectivity index (χ3v) is 2.20. The zero-order valence-corrected chi connectivity index (χ0v) is 10.3. The lowest BCUT2D eigenvalue weighted by Gasteiger charge is -2.13. The minimum Gasteiger partial charge on any atom is -0.481 e. The van der Waals surface area contributed by atoms with Crippen LogP contribution in [0.5, 0.6) is 0 Å². The molecular formula is C11H18N4O2. The maximum absolute atomic E-state index is 10.5. The molecular weight excluding hydrogens is 220 g/mol. The molecule has 0 amide bonds. The summed E-state index contributed by atoms with van der Waals surface area (Å²) in [7, 11) is 3.73. The van der Waals surface area contributed by atoms with Crippen LogP contribution in [0.4, 0.5) is 11.8 Å². The van der Waals surface area contributed by atoms with E-state index in [-0.39, 0.29) is 12.3 Å². The molecule has 0 saturated carbocycles. The Hall–Kier alpha value is -1.85. The summed E-state index contributed by atoms with van der Waals surface area (Å²) in [5, 5.41) is 11.7. The van der Waals surface area contributed by atoms with Crippen molar-refractivity contribution in [2.75, 3.05) is 30.9 Å². The van der Waals surface area contributed by atoms with E-state index in [9.17, 15) is 4.79 Å². The van der Waals surface area contributed by atoms with E-state index in [1.165, 1.54) is 0 Å². The molecule has 6 nitrogen and oxygen atoms in total. The van der Waals surface area contributed by atoms with Crippen LogP contribution < -0.4 is 10.2 Å². The van der Waals surface area contributed by atoms with Crippen molar-refractivity contribution >= 4 is 17.7 Å². The monoisotopic (exact) mass is 238 g/mol.